The molecule has 0 aliphatic rings. The van der Waals surface area contributed by atoms with Crippen LogP contribution in [0.3, 0.4) is 0 Å². The summed E-state index contributed by atoms with van der Waals surface area (Å²) in [7, 11) is 0. The molecule has 14 heteroatoms. The van der Waals surface area contributed by atoms with E-state index in [1.54, 1.807) is 0 Å². The quantitative estimate of drug-likeness (QED) is 0.156. The van der Waals surface area contributed by atoms with Gasteiger partial charge in [-0.3, -0.25) is 33.6 Å². The molecule has 0 bridgehead atoms. The second-order valence-electron chi connectivity index (χ2n) is 6.62. The number of hydrogen-bond acceptors (Lipinski definition) is 7. The molecule has 0 saturated heterocycles. The number of nitrogens with one attached hydrogen (secondary N) is 6. The molecule has 0 radical (unpaired) electrons. The zero-order valence-corrected chi connectivity index (χ0v) is 17.8. The molecular weight excluding hydrogens is 414 g/mol. The molecule has 0 saturated carbocycles. The Bertz CT molecular complexity index is 726. The maximum absolute atomic E-state index is 12.1. The van der Waals surface area contributed by atoms with Crippen LogP contribution < -0.4 is 37.6 Å². The van der Waals surface area contributed by atoms with Crippen LogP contribution in [-0.2, 0) is 33.6 Å². The predicted octanol–water partition coefficient (Wildman–Crippen LogP) is -4.65. The van der Waals surface area contributed by atoms with Crippen molar-refractivity contribution in [3.8, 4) is 0 Å². The van der Waals surface area contributed by atoms with Crippen LogP contribution in [0.4, 0.5) is 0 Å². The molecule has 0 heterocycles. The van der Waals surface area contributed by atoms with Gasteiger partial charge in [0.05, 0.1) is 19.6 Å². The predicted molar refractivity (Wildman–Crippen MR) is 107 cm³/mol. The fraction of sp³-hybridized carbons (Fsp3) is 0.588. The molecule has 14 nitrogen and oxygen atoms in total. The van der Waals surface area contributed by atoms with Crippen molar-refractivity contribution in [1.82, 2.24) is 31.9 Å². The van der Waals surface area contributed by atoms with Gasteiger partial charge in [0.2, 0.25) is 41.4 Å². The van der Waals surface area contributed by atoms with Gasteiger partial charge in [-0.05, 0) is 20.8 Å². The standard InChI is InChI=1S/C17H29N7O7/c1-8(15(29)21-5-12(18)26)23-17(31)10(3)24-16(30)9(2)22-14(28)7-20-13(27)6-19-11(4)25/h8-10H,5-7H2,1-4H3,(H2,18,26)(H,19,25)(H,20,27)(H,21,29)(H,22,28)(H,23,31)(H,24,30)/t8-,9-,10-/m0/s1. The Labute approximate surface area is 178 Å². The largest absolute Gasteiger partial charge is 0.368 e. The summed E-state index contributed by atoms with van der Waals surface area (Å²) in [5.74, 6) is -4.35. The van der Waals surface area contributed by atoms with E-state index >= 15 is 0 Å². The van der Waals surface area contributed by atoms with Crippen molar-refractivity contribution in [2.45, 2.75) is 45.8 Å². The first kappa shape index (κ1) is 27.3. The SMILES string of the molecule is CC(=O)NCC(=O)NCC(=O)N[C@@H](C)C(=O)N[C@@H](C)C(=O)N[C@@H](C)C(=O)NCC(N)=O. The van der Waals surface area contributed by atoms with Crippen molar-refractivity contribution >= 4 is 41.4 Å². The molecule has 174 valence electrons. The summed E-state index contributed by atoms with van der Waals surface area (Å²) in [4.78, 5) is 80.5. The molecule has 0 aliphatic heterocycles. The summed E-state index contributed by atoms with van der Waals surface area (Å²) in [6, 6.07) is -3.04. The highest BCUT2D eigenvalue weighted by atomic mass is 16.2. The molecule has 0 aromatic heterocycles. The monoisotopic (exact) mass is 443 g/mol. The maximum atomic E-state index is 12.1. The lowest BCUT2D eigenvalue weighted by Gasteiger charge is -2.20. The Hall–Kier alpha value is -3.71. The molecule has 0 aromatic carbocycles. The number of primary amides is 1. The number of hydrogen-bond donors (Lipinski definition) is 7. The lowest BCUT2D eigenvalue weighted by atomic mass is 10.2. The van der Waals surface area contributed by atoms with Gasteiger partial charge in [0.25, 0.3) is 0 Å². The second kappa shape index (κ2) is 13.5. The van der Waals surface area contributed by atoms with Crippen molar-refractivity contribution in [2.75, 3.05) is 19.6 Å². The summed E-state index contributed by atoms with van der Waals surface area (Å²) in [5, 5.41) is 13.8. The highest BCUT2D eigenvalue weighted by Gasteiger charge is 2.23. The molecule has 31 heavy (non-hydrogen) atoms. The minimum absolute atomic E-state index is 0.287. The number of rotatable bonds is 12. The third-order valence-corrected chi connectivity index (χ3v) is 3.66. The van der Waals surface area contributed by atoms with E-state index in [4.69, 9.17) is 5.73 Å². The van der Waals surface area contributed by atoms with E-state index < -0.39 is 66.0 Å². The topological polar surface area (TPSA) is 218 Å². The molecule has 3 atom stereocenters. The van der Waals surface area contributed by atoms with E-state index in [1.807, 2.05) is 0 Å². The van der Waals surface area contributed by atoms with Gasteiger partial charge in [-0.1, -0.05) is 0 Å². The van der Waals surface area contributed by atoms with Crippen molar-refractivity contribution in [1.29, 1.82) is 0 Å². The first-order valence-corrected chi connectivity index (χ1v) is 9.30. The summed E-state index contributed by atoms with van der Waals surface area (Å²) in [6.45, 7) is 4.28. The van der Waals surface area contributed by atoms with Crippen LogP contribution in [0, 0.1) is 0 Å². The second-order valence-corrected chi connectivity index (χ2v) is 6.62. The minimum Gasteiger partial charge on any atom is -0.368 e. The minimum atomic E-state index is -1.03. The van der Waals surface area contributed by atoms with E-state index in [1.165, 1.54) is 27.7 Å². The average molecular weight is 443 g/mol. The zero-order valence-electron chi connectivity index (χ0n) is 17.8. The summed E-state index contributed by atoms with van der Waals surface area (Å²) >= 11 is 0. The third-order valence-electron chi connectivity index (χ3n) is 3.66. The number of carbonyl (C=O) groups is 7. The van der Waals surface area contributed by atoms with Crippen LogP contribution >= 0.6 is 0 Å². The molecule has 7 amide bonds. The van der Waals surface area contributed by atoms with Crippen molar-refractivity contribution < 1.29 is 33.6 Å². The summed E-state index contributed by atoms with van der Waals surface area (Å²) in [6.07, 6.45) is 0. The van der Waals surface area contributed by atoms with Gasteiger partial charge < -0.3 is 37.6 Å². The molecule has 0 aromatic rings. The van der Waals surface area contributed by atoms with Crippen LogP contribution in [0.15, 0.2) is 0 Å². The zero-order chi connectivity index (χ0) is 24.1. The highest BCUT2D eigenvalue weighted by Crippen LogP contribution is 1.90. The Morgan fingerprint density at radius 3 is 1.55 bits per heavy atom. The highest BCUT2D eigenvalue weighted by molar-refractivity contribution is 5.95. The molecule has 0 spiro atoms. The normalized spacial score (nSPS) is 12.9. The lowest BCUT2D eigenvalue weighted by Crippen LogP contribution is -2.55. The van der Waals surface area contributed by atoms with Gasteiger partial charge in [0.1, 0.15) is 18.1 Å². The van der Waals surface area contributed by atoms with Gasteiger partial charge >= 0.3 is 0 Å². The Morgan fingerprint density at radius 1 is 0.613 bits per heavy atom. The van der Waals surface area contributed by atoms with E-state index in [-0.39, 0.29) is 13.1 Å². The molecular formula is C17H29N7O7. The third kappa shape index (κ3) is 12.5. The van der Waals surface area contributed by atoms with Gasteiger partial charge in [0, 0.05) is 6.92 Å². The van der Waals surface area contributed by atoms with Crippen LogP contribution in [0.1, 0.15) is 27.7 Å². The van der Waals surface area contributed by atoms with Crippen LogP contribution in [-0.4, -0.2) is 79.1 Å². The fourth-order valence-corrected chi connectivity index (χ4v) is 1.94. The number of carbonyl (C=O) groups excluding carboxylic acids is 7. The van der Waals surface area contributed by atoms with Crippen molar-refractivity contribution in [3.05, 3.63) is 0 Å². The van der Waals surface area contributed by atoms with E-state index in [0.29, 0.717) is 0 Å². The first-order valence-electron chi connectivity index (χ1n) is 9.30. The average Bonchev–Trinajstić information content (AvgIpc) is 2.68. The lowest BCUT2D eigenvalue weighted by molar-refractivity contribution is -0.133. The van der Waals surface area contributed by atoms with Crippen LogP contribution in [0.25, 0.3) is 0 Å². The van der Waals surface area contributed by atoms with Crippen LogP contribution in [0.2, 0.25) is 0 Å². The molecule has 8 N–H and O–H groups in total. The Kier molecular flexibility index (Phi) is 11.9. The molecule has 0 unspecified atom stereocenters. The fourth-order valence-electron chi connectivity index (χ4n) is 1.94. The van der Waals surface area contributed by atoms with E-state index in [2.05, 4.69) is 31.9 Å². The van der Waals surface area contributed by atoms with Gasteiger partial charge in [-0.2, -0.15) is 0 Å². The van der Waals surface area contributed by atoms with Crippen molar-refractivity contribution in [3.63, 3.8) is 0 Å². The van der Waals surface area contributed by atoms with Gasteiger partial charge in [0.15, 0.2) is 0 Å². The summed E-state index contributed by atoms with van der Waals surface area (Å²) in [5.41, 5.74) is 4.91. The molecule has 0 fully saturated rings. The van der Waals surface area contributed by atoms with Gasteiger partial charge in [-0.15, -0.1) is 0 Å². The van der Waals surface area contributed by atoms with E-state index in [9.17, 15) is 33.6 Å². The smallest absolute Gasteiger partial charge is 0.242 e. The number of nitrogens with two attached hydrogens (primary N) is 1. The first-order chi connectivity index (χ1) is 14.3. The Morgan fingerprint density at radius 2 is 1.06 bits per heavy atom. The maximum Gasteiger partial charge on any atom is 0.242 e. The van der Waals surface area contributed by atoms with Crippen LogP contribution in [0.5, 0.6) is 0 Å². The number of amides is 7. The Balaban J connectivity index is 4.39. The summed E-state index contributed by atoms with van der Waals surface area (Å²) < 4.78 is 0. The molecule has 0 aliphatic carbocycles. The molecule has 0 rings (SSSR count). The van der Waals surface area contributed by atoms with E-state index in [0.717, 1.165) is 0 Å². The van der Waals surface area contributed by atoms with Crippen molar-refractivity contribution in [2.24, 2.45) is 5.73 Å². The van der Waals surface area contributed by atoms with Gasteiger partial charge in [-0.25, -0.2) is 0 Å².